The molecule has 2 bridgehead atoms. The van der Waals surface area contributed by atoms with Gasteiger partial charge in [0, 0.05) is 43.4 Å². The van der Waals surface area contributed by atoms with Crippen LogP contribution >= 0.6 is 11.3 Å². The van der Waals surface area contributed by atoms with E-state index in [2.05, 4.69) is 15.2 Å². The second-order valence-corrected chi connectivity index (χ2v) is 12.2. The van der Waals surface area contributed by atoms with Gasteiger partial charge in [-0.05, 0) is 69.7 Å². The highest BCUT2D eigenvalue weighted by Gasteiger charge is 2.49. The largest absolute Gasteiger partial charge is 0.460 e. The van der Waals surface area contributed by atoms with Gasteiger partial charge in [0.15, 0.2) is 6.61 Å². The molecule has 3 heterocycles. The van der Waals surface area contributed by atoms with E-state index in [0.717, 1.165) is 88.0 Å². The van der Waals surface area contributed by atoms with Gasteiger partial charge in [-0.1, -0.05) is 17.4 Å². The number of fused-ring (bicyclic) bond motifs is 4. The minimum absolute atomic E-state index is 0.00831. The van der Waals surface area contributed by atoms with E-state index in [1.54, 1.807) is 7.05 Å². The van der Waals surface area contributed by atoms with Gasteiger partial charge >= 0.3 is 6.18 Å². The average molecular weight is 541 g/mol. The van der Waals surface area contributed by atoms with Gasteiger partial charge in [0.2, 0.25) is 5.91 Å². The fourth-order valence-electron chi connectivity index (χ4n) is 6.36. The third kappa shape index (κ3) is 5.97. The molecule has 1 aromatic rings. The van der Waals surface area contributed by atoms with Crippen molar-refractivity contribution in [2.45, 2.75) is 82.3 Å². The minimum atomic E-state index is -4.35. The number of carbonyl (C=O) groups is 2. The third-order valence-electron chi connectivity index (χ3n) is 8.84. The van der Waals surface area contributed by atoms with Crippen molar-refractivity contribution < 1.29 is 27.5 Å². The first-order valence-electron chi connectivity index (χ1n) is 13.3. The summed E-state index contributed by atoms with van der Waals surface area (Å²) in [4.78, 5) is 34.3. The lowest BCUT2D eigenvalue weighted by Crippen LogP contribution is -2.58. The number of nitrogens with zero attached hydrogens (tertiary/aromatic N) is 3. The van der Waals surface area contributed by atoms with Gasteiger partial charge in [-0.15, -0.1) is 0 Å². The summed E-state index contributed by atoms with van der Waals surface area (Å²) in [6, 6.07) is 0. The van der Waals surface area contributed by atoms with E-state index in [-0.39, 0.29) is 22.5 Å². The van der Waals surface area contributed by atoms with Crippen molar-refractivity contribution in [1.29, 1.82) is 0 Å². The number of nitrogens with one attached hydrogen (secondary N) is 1. The summed E-state index contributed by atoms with van der Waals surface area (Å²) in [5.74, 6) is -0.131. The van der Waals surface area contributed by atoms with E-state index in [1.165, 1.54) is 16.2 Å². The van der Waals surface area contributed by atoms with Gasteiger partial charge in [0.25, 0.3) is 11.1 Å². The Kier molecular flexibility index (Phi) is 7.30. The first-order chi connectivity index (χ1) is 17.6. The number of aromatic nitrogens is 1. The van der Waals surface area contributed by atoms with Gasteiger partial charge in [-0.3, -0.25) is 9.59 Å². The number of hydrogen-bond acceptors (Lipinski definition) is 6. The molecule has 0 atom stereocenters. The summed E-state index contributed by atoms with van der Waals surface area (Å²) >= 11 is 1.24. The Balaban J connectivity index is 1.09. The van der Waals surface area contributed by atoms with Crippen LogP contribution in [-0.2, 0) is 22.4 Å². The van der Waals surface area contributed by atoms with Crippen molar-refractivity contribution in [2.75, 3.05) is 33.3 Å². The highest BCUT2D eigenvalue weighted by atomic mass is 32.1. The maximum Gasteiger partial charge on any atom is 0.422 e. The van der Waals surface area contributed by atoms with E-state index < -0.39 is 12.8 Å². The molecule has 3 fully saturated rings. The summed E-state index contributed by atoms with van der Waals surface area (Å²) < 4.78 is 42.2. The molecule has 7 nitrogen and oxygen atoms in total. The van der Waals surface area contributed by atoms with E-state index in [1.807, 2.05) is 6.08 Å². The molecule has 11 heteroatoms. The predicted octanol–water partition coefficient (Wildman–Crippen LogP) is 4.22. The van der Waals surface area contributed by atoms with Crippen LogP contribution < -0.4 is 10.1 Å². The summed E-state index contributed by atoms with van der Waals surface area (Å²) in [6.45, 7) is 1.44. The minimum Gasteiger partial charge on any atom is -0.460 e. The van der Waals surface area contributed by atoms with Crippen LogP contribution in [0.2, 0.25) is 0 Å². The quantitative estimate of drug-likeness (QED) is 0.561. The molecule has 2 amide bonds. The first kappa shape index (κ1) is 26.5. The molecule has 37 heavy (non-hydrogen) atoms. The van der Waals surface area contributed by atoms with Gasteiger partial charge in [0.1, 0.15) is 5.70 Å². The van der Waals surface area contributed by atoms with Crippen molar-refractivity contribution in [1.82, 2.24) is 20.1 Å². The number of carbonyl (C=O) groups excluding carboxylic acids is 2. The molecule has 2 aliphatic heterocycles. The zero-order chi connectivity index (χ0) is 26.3. The van der Waals surface area contributed by atoms with E-state index in [9.17, 15) is 22.8 Å². The number of likely N-dealkylation sites (N-methyl/N-ethyl adjacent to an activating group) is 1. The predicted molar refractivity (Wildman–Crippen MR) is 133 cm³/mol. The molecular weight excluding hydrogens is 505 g/mol. The fourth-order valence-corrected chi connectivity index (χ4v) is 7.30. The number of thiazole rings is 1. The molecule has 1 aromatic heterocycles. The zero-order valence-corrected chi connectivity index (χ0v) is 22.1. The van der Waals surface area contributed by atoms with E-state index >= 15 is 0 Å². The highest BCUT2D eigenvalue weighted by Crippen LogP contribution is 2.54. The fraction of sp³-hybridized carbons (Fsp3) is 0.731. The van der Waals surface area contributed by atoms with Crippen molar-refractivity contribution >= 4 is 23.2 Å². The number of halogens is 3. The number of amides is 2. The monoisotopic (exact) mass is 540 g/mol. The number of allylic oxidation sites excluding steroid dienone is 1. The van der Waals surface area contributed by atoms with Gasteiger partial charge in [-0.25, -0.2) is 4.98 Å². The average Bonchev–Trinajstić information content (AvgIpc) is 3.17. The van der Waals surface area contributed by atoms with Crippen molar-refractivity contribution in [3.63, 3.8) is 0 Å². The lowest BCUT2D eigenvalue weighted by molar-refractivity contribution is -0.153. The van der Waals surface area contributed by atoms with Crippen molar-refractivity contribution in [3.8, 4) is 5.19 Å². The van der Waals surface area contributed by atoms with Crippen LogP contribution in [0.5, 0.6) is 5.19 Å². The molecule has 0 radical (unpaired) electrons. The second-order valence-electron chi connectivity index (χ2n) is 11.2. The Labute approximate surface area is 219 Å². The molecule has 204 valence electrons. The molecule has 0 spiro atoms. The smallest absolute Gasteiger partial charge is 0.422 e. The summed E-state index contributed by atoms with van der Waals surface area (Å²) in [6.07, 6.45) is 7.48. The SMILES string of the molecule is CN1C(=O)CCC=C1C(=O)NC12CCC(CCN3CCc4nc(OCC(F)(F)F)sc4CC3)(CC1)CC2. The Morgan fingerprint density at radius 2 is 1.84 bits per heavy atom. The highest BCUT2D eigenvalue weighted by molar-refractivity contribution is 7.13. The molecule has 5 aliphatic rings. The van der Waals surface area contributed by atoms with Crippen molar-refractivity contribution in [2.24, 2.45) is 5.41 Å². The molecule has 3 saturated carbocycles. The number of rotatable bonds is 7. The first-order valence-corrected chi connectivity index (χ1v) is 14.1. The standard InChI is InChI=1S/C26H35F3N4O3S/c1-32-19(3-2-4-21(32)34)22(35)31-25-10-7-24(8-11-25,9-12-25)13-16-33-14-5-18-20(6-15-33)37-23(30-18)36-17-26(27,28)29/h3H,2,4-17H2,1H3,(H,31,35). The lowest BCUT2D eigenvalue weighted by Gasteiger charge is -2.54. The van der Waals surface area contributed by atoms with Crippen LogP contribution in [-0.4, -0.2) is 71.6 Å². The topological polar surface area (TPSA) is 74.8 Å². The third-order valence-corrected chi connectivity index (χ3v) is 9.91. The van der Waals surface area contributed by atoms with E-state index in [4.69, 9.17) is 4.74 Å². The Bertz CT molecular complexity index is 1020. The van der Waals surface area contributed by atoms with Crippen LogP contribution in [0.1, 0.15) is 68.4 Å². The summed E-state index contributed by atoms with van der Waals surface area (Å²) in [5, 5.41) is 3.43. The molecule has 6 rings (SSSR count). The van der Waals surface area contributed by atoms with Crippen LogP contribution in [0.3, 0.4) is 0 Å². The van der Waals surface area contributed by atoms with Crippen LogP contribution in [0, 0.1) is 5.41 Å². The zero-order valence-electron chi connectivity index (χ0n) is 21.3. The summed E-state index contributed by atoms with van der Waals surface area (Å²) in [5.41, 5.74) is 1.52. The van der Waals surface area contributed by atoms with Crippen molar-refractivity contribution in [3.05, 3.63) is 22.3 Å². The normalized spacial score (nSPS) is 28.5. The molecule has 0 saturated heterocycles. The lowest BCUT2D eigenvalue weighted by atomic mass is 9.56. The summed E-state index contributed by atoms with van der Waals surface area (Å²) in [7, 11) is 1.68. The molecule has 3 aliphatic carbocycles. The second kappa shape index (κ2) is 10.2. The molecule has 0 aromatic carbocycles. The maximum absolute atomic E-state index is 13.0. The Hall–Kier alpha value is -2.14. The van der Waals surface area contributed by atoms with Gasteiger partial charge < -0.3 is 19.9 Å². The van der Waals surface area contributed by atoms with Crippen LogP contribution in [0.15, 0.2) is 11.8 Å². The molecule has 1 N–H and O–H groups in total. The van der Waals surface area contributed by atoms with Gasteiger partial charge in [-0.2, -0.15) is 13.2 Å². The van der Waals surface area contributed by atoms with Gasteiger partial charge in [0.05, 0.1) is 5.69 Å². The van der Waals surface area contributed by atoms with Crippen LogP contribution in [0.25, 0.3) is 0 Å². The maximum atomic E-state index is 13.0. The Morgan fingerprint density at radius 1 is 1.14 bits per heavy atom. The Morgan fingerprint density at radius 3 is 2.54 bits per heavy atom. The molecule has 0 unspecified atom stereocenters. The molecular formula is C26H35F3N4O3S. The number of ether oxygens (including phenoxy) is 1. The van der Waals surface area contributed by atoms with Crippen LogP contribution in [0.4, 0.5) is 13.2 Å². The van der Waals surface area contributed by atoms with E-state index in [0.29, 0.717) is 24.0 Å². The number of alkyl halides is 3. The number of hydrogen-bond donors (Lipinski definition) is 1.